The van der Waals surface area contributed by atoms with Gasteiger partial charge in [0, 0.05) is 19.8 Å². The van der Waals surface area contributed by atoms with Gasteiger partial charge < -0.3 is 5.32 Å². The zero-order valence-electron chi connectivity index (χ0n) is 14.8. The number of carbonyl (C=O) groups excluding carboxylic acids is 2. The maximum absolute atomic E-state index is 13.2. The number of nitrogens with zero attached hydrogens (tertiary/aromatic N) is 3. The highest BCUT2D eigenvalue weighted by molar-refractivity contribution is 6.28. The number of nitrogens with one attached hydrogen (secondary N) is 1. The molecule has 1 aliphatic rings. The number of hydrogen-bond acceptors (Lipinski definition) is 6. The summed E-state index contributed by atoms with van der Waals surface area (Å²) in [5, 5.41) is 2.77. The quantitative estimate of drug-likeness (QED) is 0.722. The number of aryl methyl sites for hydroxylation is 1. The Balaban J connectivity index is 2.12. The molecule has 8 nitrogen and oxygen atoms in total. The van der Waals surface area contributed by atoms with Crippen LogP contribution in [0.4, 0.5) is 15.9 Å². The molecule has 0 fully saturated rings. The van der Waals surface area contributed by atoms with E-state index < -0.39 is 28.6 Å². The van der Waals surface area contributed by atoms with Gasteiger partial charge in [0.1, 0.15) is 11.6 Å². The lowest BCUT2D eigenvalue weighted by Gasteiger charge is -2.18. The third-order valence-electron chi connectivity index (χ3n) is 4.57. The average molecular weight is 380 g/mol. The minimum Gasteiger partial charge on any atom is -0.340 e. The van der Waals surface area contributed by atoms with E-state index in [1.807, 2.05) is 0 Å². The summed E-state index contributed by atoms with van der Waals surface area (Å²) in [5.74, 6) is -1.50. The van der Waals surface area contributed by atoms with Crippen LogP contribution in [0.1, 0.15) is 20.7 Å². The first-order chi connectivity index (χ1) is 13.3. The molecule has 0 radical (unpaired) electrons. The van der Waals surface area contributed by atoms with Gasteiger partial charge >= 0.3 is 5.69 Å². The first-order valence-electron chi connectivity index (χ1n) is 8.22. The second-order valence-electron chi connectivity index (χ2n) is 6.31. The molecule has 4 rings (SSSR count). The second kappa shape index (κ2) is 6.08. The van der Waals surface area contributed by atoms with E-state index in [1.165, 1.54) is 38.4 Å². The number of fused-ring (bicyclic) bond motifs is 3. The van der Waals surface area contributed by atoms with Gasteiger partial charge in [-0.05, 0) is 36.4 Å². The Hall–Kier alpha value is -3.88. The van der Waals surface area contributed by atoms with E-state index >= 15 is 0 Å². The van der Waals surface area contributed by atoms with Gasteiger partial charge in [-0.25, -0.2) is 14.2 Å². The van der Waals surface area contributed by atoms with Crippen LogP contribution in [0, 0.1) is 5.82 Å². The Morgan fingerprint density at radius 3 is 2.14 bits per heavy atom. The predicted molar refractivity (Wildman–Crippen MR) is 99.7 cm³/mol. The molecule has 0 saturated heterocycles. The number of pyridine rings is 1. The number of carbonyl (C=O) groups is 2. The monoisotopic (exact) mass is 380 g/mol. The second-order valence-corrected chi connectivity index (χ2v) is 6.31. The van der Waals surface area contributed by atoms with Crippen molar-refractivity contribution >= 4 is 34.1 Å². The van der Waals surface area contributed by atoms with Crippen LogP contribution in [0.15, 0.2) is 46.0 Å². The van der Waals surface area contributed by atoms with E-state index in [0.29, 0.717) is 5.69 Å². The summed E-state index contributed by atoms with van der Waals surface area (Å²) in [6.45, 7) is 0. The molecule has 0 amide bonds. The van der Waals surface area contributed by atoms with E-state index in [1.54, 1.807) is 0 Å². The zero-order chi connectivity index (χ0) is 20.2. The van der Waals surface area contributed by atoms with E-state index in [9.17, 15) is 23.6 Å². The van der Waals surface area contributed by atoms with Gasteiger partial charge in [-0.1, -0.05) is 0 Å². The van der Waals surface area contributed by atoms with Crippen LogP contribution in [-0.2, 0) is 14.1 Å². The number of halogens is 1. The number of ketones is 2. The van der Waals surface area contributed by atoms with Crippen molar-refractivity contribution in [3.63, 3.8) is 0 Å². The summed E-state index contributed by atoms with van der Waals surface area (Å²) in [6.07, 6.45) is 2.18. The van der Waals surface area contributed by atoms with Crippen LogP contribution < -0.4 is 16.6 Å². The lowest BCUT2D eigenvalue weighted by molar-refractivity contribution is 0.0995. The number of benzene rings is 1. The van der Waals surface area contributed by atoms with Crippen molar-refractivity contribution in [3.8, 4) is 0 Å². The molecular formula is C19H13FN4O4. The summed E-state index contributed by atoms with van der Waals surface area (Å²) < 4.78 is 15.2. The Kier molecular flexibility index (Phi) is 3.81. The molecule has 28 heavy (non-hydrogen) atoms. The normalized spacial score (nSPS) is 13.1. The van der Waals surface area contributed by atoms with E-state index in [2.05, 4.69) is 10.3 Å². The molecule has 3 aromatic rings. The van der Waals surface area contributed by atoms with Crippen LogP contribution in [0.5, 0.6) is 0 Å². The van der Waals surface area contributed by atoms with E-state index in [-0.39, 0.29) is 28.0 Å². The van der Waals surface area contributed by atoms with Gasteiger partial charge in [0.15, 0.2) is 17.2 Å². The molecule has 1 N–H and O–H groups in total. The van der Waals surface area contributed by atoms with Gasteiger partial charge in [0.2, 0.25) is 0 Å². The maximum Gasteiger partial charge on any atom is 0.332 e. The van der Waals surface area contributed by atoms with Crippen LogP contribution in [0.3, 0.4) is 0 Å². The predicted octanol–water partition coefficient (Wildman–Crippen LogP) is 1.45. The lowest BCUT2D eigenvalue weighted by atomic mass is 9.93. The molecule has 0 bridgehead atoms. The average Bonchev–Trinajstić information content (AvgIpc) is 2.68. The number of hydrogen-bond donors (Lipinski definition) is 1. The van der Waals surface area contributed by atoms with Crippen molar-refractivity contribution in [1.29, 1.82) is 0 Å². The highest BCUT2D eigenvalue weighted by Gasteiger charge is 2.30. The molecule has 2 heterocycles. The summed E-state index contributed by atoms with van der Waals surface area (Å²) in [5.41, 5.74) is -1.14. The van der Waals surface area contributed by atoms with Gasteiger partial charge in [0.05, 0.1) is 16.5 Å². The minimum absolute atomic E-state index is 0.0000567. The highest BCUT2D eigenvalue weighted by atomic mass is 19.1. The van der Waals surface area contributed by atoms with Crippen molar-refractivity contribution in [2.75, 3.05) is 5.32 Å². The van der Waals surface area contributed by atoms with Gasteiger partial charge in [-0.2, -0.15) is 0 Å². The fourth-order valence-electron chi connectivity index (χ4n) is 3.15. The van der Waals surface area contributed by atoms with Gasteiger partial charge in [-0.3, -0.25) is 23.5 Å². The molecule has 0 unspecified atom stereocenters. The van der Waals surface area contributed by atoms with Gasteiger partial charge in [0.25, 0.3) is 5.56 Å². The number of allylic oxidation sites excluding steroid dienone is 2. The van der Waals surface area contributed by atoms with Crippen LogP contribution in [0.2, 0.25) is 0 Å². The molecule has 140 valence electrons. The molecule has 0 saturated carbocycles. The zero-order valence-corrected chi connectivity index (χ0v) is 14.8. The summed E-state index contributed by atoms with van der Waals surface area (Å²) in [4.78, 5) is 54.4. The highest BCUT2D eigenvalue weighted by Crippen LogP contribution is 2.30. The minimum atomic E-state index is -0.716. The molecule has 2 aromatic heterocycles. The summed E-state index contributed by atoms with van der Waals surface area (Å²) in [6, 6.07) is 5.30. The number of aromatic nitrogens is 3. The molecule has 0 atom stereocenters. The third kappa shape index (κ3) is 2.48. The molecule has 0 aliphatic heterocycles. The van der Waals surface area contributed by atoms with Crippen LogP contribution in [0.25, 0.3) is 11.0 Å². The Bertz CT molecular complexity index is 1330. The maximum atomic E-state index is 13.2. The van der Waals surface area contributed by atoms with Crippen LogP contribution in [-0.4, -0.2) is 25.7 Å². The number of rotatable bonds is 2. The molecule has 1 aliphatic carbocycles. The standard InChI is InChI=1S/C19H13FN4O4/c1-23-17-15(18(27)24(2)19(23)28)13-11(25)7-8-12(26)14(13)16(22-17)21-10-5-3-9(20)4-6-10/h3-8H,1-2H3,(H,21,22). The summed E-state index contributed by atoms with van der Waals surface area (Å²) >= 11 is 0. The van der Waals surface area contributed by atoms with E-state index in [4.69, 9.17) is 0 Å². The van der Waals surface area contributed by atoms with Crippen molar-refractivity contribution in [1.82, 2.24) is 14.1 Å². The molecule has 0 spiro atoms. The van der Waals surface area contributed by atoms with E-state index in [0.717, 1.165) is 21.3 Å². The fourth-order valence-corrected chi connectivity index (χ4v) is 3.15. The van der Waals surface area contributed by atoms with Crippen molar-refractivity contribution < 1.29 is 14.0 Å². The Morgan fingerprint density at radius 2 is 1.50 bits per heavy atom. The molecule has 9 heteroatoms. The molecule has 1 aromatic carbocycles. The topological polar surface area (TPSA) is 103 Å². The SMILES string of the molecule is Cn1c(=O)c2c3c(c(Nc4ccc(F)cc4)nc2n(C)c1=O)C(=O)C=CC3=O. The van der Waals surface area contributed by atoms with Crippen LogP contribution >= 0.6 is 0 Å². The fraction of sp³-hybridized carbons (Fsp3) is 0.105. The van der Waals surface area contributed by atoms with Crippen molar-refractivity contribution in [2.24, 2.45) is 14.1 Å². The smallest absolute Gasteiger partial charge is 0.332 e. The lowest BCUT2D eigenvalue weighted by Crippen LogP contribution is -2.38. The summed E-state index contributed by atoms with van der Waals surface area (Å²) in [7, 11) is 2.70. The first kappa shape index (κ1) is 17.5. The Morgan fingerprint density at radius 1 is 0.893 bits per heavy atom. The van der Waals surface area contributed by atoms with Crippen molar-refractivity contribution in [2.45, 2.75) is 0 Å². The van der Waals surface area contributed by atoms with Crippen molar-refractivity contribution in [3.05, 3.63) is 74.2 Å². The first-order valence-corrected chi connectivity index (χ1v) is 8.22. The third-order valence-corrected chi connectivity index (χ3v) is 4.57. The van der Waals surface area contributed by atoms with Gasteiger partial charge in [-0.15, -0.1) is 0 Å². The Labute approximate surface area is 156 Å². The molecular weight excluding hydrogens is 367 g/mol. The number of anilines is 2. The largest absolute Gasteiger partial charge is 0.340 e.